The van der Waals surface area contributed by atoms with Gasteiger partial charge in [0.2, 0.25) is 0 Å². The second-order valence-electron chi connectivity index (χ2n) is 6.34. The number of hydrogen-bond donors (Lipinski definition) is 0. The van der Waals surface area contributed by atoms with Gasteiger partial charge in [0, 0.05) is 12.6 Å². The predicted octanol–water partition coefficient (Wildman–Crippen LogP) is 5.28. The average Bonchev–Trinajstić information content (AvgIpc) is 2.78. The SMILES string of the molecule is CC(Cl)c1nc2cc(F)c(Br)cc2n1CC1CC1(C)C. The van der Waals surface area contributed by atoms with Crippen LogP contribution in [0.5, 0.6) is 0 Å². The van der Waals surface area contributed by atoms with Crippen LogP contribution in [-0.2, 0) is 6.54 Å². The summed E-state index contributed by atoms with van der Waals surface area (Å²) in [6.07, 6.45) is 1.21. The zero-order valence-electron chi connectivity index (χ0n) is 11.8. The van der Waals surface area contributed by atoms with Crippen LogP contribution in [0.25, 0.3) is 11.0 Å². The molecule has 5 heteroatoms. The van der Waals surface area contributed by atoms with Crippen LogP contribution in [0.2, 0.25) is 0 Å². The highest BCUT2D eigenvalue weighted by atomic mass is 79.9. The Balaban J connectivity index is 2.11. The van der Waals surface area contributed by atoms with Gasteiger partial charge in [-0.1, -0.05) is 13.8 Å². The molecule has 1 aromatic carbocycles. The number of fused-ring (bicyclic) bond motifs is 1. The molecule has 0 bridgehead atoms. The van der Waals surface area contributed by atoms with E-state index in [0.29, 0.717) is 21.3 Å². The van der Waals surface area contributed by atoms with E-state index in [4.69, 9.17) is 11.6 Å². The van der Waals surface area contributed by atoms with Crippen molar-refractivity contribution in [2.24, 2.45) is 11.3 Å². The van der Waals surface area contributed by atoms with E-state index in [9.17, 15) is 4.39 Å². The summed E-state index contributed by atoms with van der Waals surface area (Å²) in [6, 6.07) is 3.27. The maximum absolute atomic E-state index is 13.7. The van der Waals surface area contributed by atoms with Crippen LogP contribution in [-0.4, -0.2) is 9.55 Å². The molecule has 0 amide bonds. The van der Waals surface area contributed by atoms with Crippen molar-refractivity contribution >= 4 is 38.6 Å². The summed E-state index contributed by atoms with van der Waals surface area (Å²) >= 11 is 9.50. The lowest BCUT2D eigenvalue weighted by molar-refractivity contribution is 0.495. The topological polar surface area (TPSA) is 17.8 Å². The van der Waals surface area contributed by atoms with Gasteiger partial charge in [-0.25, -0.2) is 9.37 Å². The van der Waals surface area contributed by atoms with Gasteiger partial charge in [0.25, 0.3) is 0 Å². The van der Waals surface area contributed by atoms with Crippen LogP contribution in [0.3, 0.4) is 0 Å². The fourth-order valence-electron chi connectivity index (χ4n) is 2.74. The van der Waals surface area contributed by atoms with Crippen molar-refractivity contribution in [2.45, 2.75) is 39.1 Å². The number of alkyl halides is 1. The molecule has 2 aromatic rings. The average molecular weight is 360 g/mol. The second-order valence-corrected chi connectivity index (χ2v) is 7.85. The lowest BCUT2D eigenvalue weighted by Crippen LogP contribution is -2.08. The summed E-state index contributed by atoms with van der Waals surface area (Å²) in [4.78, 5) is 4.51. The van der Waals surface area contributed by atoms with E-state index in [-0.39, 0.29) is 11.2 Å². The first kappa shape index (κ1) is 14.3. The Bertz CT molecular complexity index is 678. The quantitative estimate of drug-likeness (QED) is 0.681. The smallest absolute Gasteiger partial charge is 0.139 e. The normalized spacial score (nSPS) is 22.2. The molecule has 20 heavy (non-hydrogen) atoms. The molecular weight excluding hydrogens is 343 g/mol. The first-order chi connectivity index (χ1) is 9.29. The van der Waals surface area contributed by atoms with E-state index in [1.807, 2.05) is 6.92 Å². The van der Waals surface area contributed by atoms with Crippen molar-refractivity contribution in [2.75, 3.05) is 0 Å². The molecule has 1 aliphatic rings. The molecule has 1 aromatic heterocycles. The van der Waals surface area contributed by atoms with Crippen LogP contribution >= 0.6 is 27.5 Å². The molecule has 0 saturated heterocycles. The van der Waals surface area contributed by atoms with E-state index < -0.39 is 0 Å². The number of benzene rings is 1. The van der Waals surface area contributed by atoms with Crippen molar-refractivity contribution in [1.82, 2.24) is 9.55 Å². The van der Waals surface area contributed by atoms with Crippen molar-refractivity contribution in [3.63, 3.8) is 0 Å². The third-order valence-electron chi connectivity index (χ3n) is 4.30. The van der Waals surface area contributed by atoms with Gasteiger partial charge >= 0.3 is 0 Å². The van der Waals surface area contributed by atoms with E-state index in [0.717, 1.165) is 17.9 Å². The van der Waals surface area contributed by atoms with Gasteiger partial charge in [0.15, 0.2) is 0 Å². The Labute approximate surface area is 131 Å². The molecule has 1 fully saturated rings. The number of rotatable bonds is 3. The molecule has 2 nitrogen and oxygen atoms in total. The molecule has 3 rings (SSSR count). The monoisotopic (exact) mass is 358 g/mol. The van der Waals surface area contributed by atoms with Gasteiger partial charge in [-0.3, -0.25) is 0 Å². The van der Waals surface area contributed by atoms with Crippen LogP contribution in [0.15, 0.2) is 16.6 Å². The highest BCUT2D eigenvalue weighted by molar-refractivity contribution is 9.10. The molecule has 2 atom stereocenters. The third-order valence-corrected chi connectivity index (χ3v) is 5.10. The molecule has 1 aliphatic carbocycles. The molecule has 1 heterocycles. The van der Waals surface area contributed by atoms with Crippen molar-refractivity contribution < 1.29 is 4.39 Å². The fraction of sp³-hybridized carbons (Fsp3) is 0.533. The van der Waals surface area contributed by atoms with Crippen molar-refractivity contribution in [3.05, 3.63) is 28.2 Å². The van der Waals surface area contributed by atoms with E-state index in [2.05, 4.69) is 39.3 Å². The third kappa shape index (κ3) is 2.37. The van der Waals surface area contributed by atoms with Crippen LogP contribution in [0, 0.1) is 17.2 Å². The Morgan fingerprint density at radius 1 is 1.55 bits per heavy atom. The molecule has 108 valence electrons. The van der Waals surface area contributed by atoms with E-state index in [1.165, 1.54) is 12.5 Å². The van der Waals surface area contributed by atoms with Crippen LogP contribution < -0.4 is 0 Å². The lowest BCUT2D eigenvalue weighted by Gasteiger charge is -2.12. The first-order valence-electron chi connectivity index (χ1n) is 6.79. The first-order valence-corrected chi connectivity index (χ1v) is 8.02. The highest BCUT2D eigenvalue weighted by Crippen LogP contribution is 2.53. The van der Waals surface area contributed by atoms with Gasteiger partial charge in [0.05, 0.1) is 20.9 Å². The van der Waals surface area contributed by atoms with Crippen LogP contribution in [0.4, 0.5) is 4.39 Å². The van der Waals surface area contributed by atoms with Crippen molar-refractivity contribution in [3.8, 4) is 0 Å². The molecule has 0 radical (unpaired) electrons. The largest absolute Gasteiger partial charge is 0.326 e. The van der Waals surface area contributed by atoms with Crippen LogP contribution in [0.1, 0.15) is 38.4 Å². The standard InChI is InChI=1S/C15H17BrClFN2/c1-8(17)14-19-12-5-11(18)10(16)4-13(12)20(14)7-9-6-15(9,2)3/h4-5,8-9H,6-7H2,1-3H3. The number of nitrogens with zero attached hydrogens (tertiary/aromatic N) is 2. The molecule has 0 N–H and O–H groups in total. The summed E-state index contributed by atoms with van der Waals surface area (Å²) in [5, 5.41) is -0.189. The summed E-state index contributed by atoms with van der Waals surface area (Å²) in [7, 11) is 0. The second kappa shape index (κ2) is 4.70. The molecule has 0 spiro atoms. The minimum absolute atomic E-state index is 0.189. The van der Waals surface area contributed by atoms with Gasteiger partial charge in [-0.05, 0) is 46.7 Å². The zero-order valence-corrected chi connectivity index (χ0v) is 14.1. The number of halogens is 3. The summed E-state index contributed by atoms with van der Waals surface area (Å²) < 4.78 is 16.3. The maximum atomic E-state index is 13.7. The minimum Gasteiger partial charge on any atom is -0.326 e. The van der Waals surface area contributed by atoms with Gasteiger partial charge in [0.1, 0.15) is 11.6 Å². The Hall–Kier alpha value is -0.610. The Morgan fingerprint density at radius 3 is 2.75 bits per heavy atom. The number of hydrogen-bond acceptors (Lipinski definition) is 1. The Morgan fingerprint density at radius 2 is 2.20 bits per heavy atom. The van der Waals surface area contributed by atoms with Gasteiger partial charge < -0.3 is 4.57 Å². The fourth-order valence-corrected chi connectivity index (χ4v) is 3.24. The number of aromatic nitrogens is 2. The minimum atomic E-state index is -0.289. The molecule has 2 unspecified atom stereocenters. The van der Waals surface area contributed by atoms with E-state index in [1.54, 1.807) is 6.07 Å². The highest BCUT2D eigenvalue weighted by Gasteiger charge is 2.45. The summed E-state index contributed by atoms with van der Waals surface area (Å²) in [5.41, 5.74) is 2.01. The zero-order chi connectivity index (χ0) is 14.7. The predicted molar refractivity (Wildman–Crippen MR) is 83.5 cm³/mol. The summed E-state index contributed by atoms with van der Waals surface area (Å²) in [6.45, 7) is 7.35. The molecular formula is C15H17BrClFN2. The molecule has 1 saturated carbocycles. The van der Waals surface area contributed by atoms with Gasteiger partial charge in [-0.15, -0.1) is 11.6 Å². The lowest BCUT2D eigenvalue weighted by atomic mass is 10.1. The van der Waals surface area contributed by atoms with Gasteiger partial charge in [-0.2, -0.15) is 0 Å². The van der Waals surface area contributed by atoms with E-state index >= 15 is 0 Å². The van der Waals surface area contributed by atoms with Crippen molar-refractivity contribution in [1.29, 1.82) is 0 Å². The number of imidazole rings is 1. The summed E-state index contributed by atoms with van der Waals surface area (Å²) in [5.74, 6) is 1.17. The maximum Gasteiger partial charge on any atom is 0.139 e. The Kier molecular flexibility index (Phi) is 3.37. The molecule has 0 aliphatic heterocycles.